The van der Waals surface area contributed by atoms with Crippen molar-refractivity contribution < 1.29 is 5.11 Å². The van der Waals surface area contributed by atoms with Gasteiger partial charge in [0, 0.05) is 12.8 Å². The number of unbranched alkanes of at least 4 members (excludes halogenated alkanes) is 2. The molecular formula is C13H12O. The van der Waals surface area contributed by atoms with Crippen LogP contribution in [0, 0.1) is 24.2 Å². The molecule has 0 amide bonds. The first-order chi connectivity index (χ1) is 6.84. The van der Waals surface area contributed by atoms with E-state index in [1.807, 2.05) is 6.07 Å². The van der Waals surface area contributed by atoms with Gasteiger partial charge in [0.2, 0.25) is 0 Å². The molecule has 14 heavy (non-hydrogen) atoms. The van der Waals surface area contributed by atoms with E-state index in [9.17, 15) is 5.11 Å². The third kappa shape index (κ3) is 3.25. The quantitative estimate of drug-likeness (QED) is 0.553. The molecule has 70 valence electrons. The van der Waals surface area contributed by atoms with Gasteiger partial charge in [0.05, 0.1) is 5.56 Å². The van der Waals surface area contributed by atoms with Crippen molar-refractivity contribution in [3.05, 3.63) is 29.8 Å². The summed E-state index contributed by atoms with van der Waals surface area (Å²) < 4.78 is 0. The minimum Gasteiger partial charge on any atom is -0.507 e. The Morgan fingerprint density at radius 3 is 2.71 bits per heavy atom. The molecule has 1 aromatic rings. The van der Waals surface area contributed by atoms with Crippen molar-refractivity contribution in [2.75, 3.05) is 0 Å². The first-order valence-corrected chi connectivity index (χ1v) is 4.55. The summed E-state index contributed by atoms with van der Waals surface area (Å²) in [5, 5.41) is 9.38. The Morgan fingerprint density at radius 2 is 2.00 bits per heavy atom. The van der Waals surface area contributed by atoms with Crippen LogP contribution < -0.4 is 0 Å². The van der Waals surface area contributed by atoms with Gasteiger partial charge in [-0.25, -0.2) is 0 Å². The Morgan fingerprint density at radius 1 is 1.21 bits per heavy atom. The molecule has 0 aliphatic rings. The molecule has 1 aromatic carbocycles. The molecular weight excluding hydrogens is 172 g/mol. The van der Waals surface area contributed by atoms with E-state index >= 15 is 0 Å². The highest BCUT2D eigenvalue weighted by Crippen LogP contribution is 2.13. The van der Waals surface area contributed by atoms with E-state index in [0.29, 0.717) is 5.56 Å². The molecule has 1 heteroatoms. The molecule has 0 fully saturated rings. The number of aromatic hydroxyl groups is 1. The summed E-state index contributed by atoms with van der Waals surface area (Å²) in [6, 6.07) is 7.05. The van der Waals surface area contributed by atoms with E-state index in [1.165, 1.54) is 0 Å². The fraction of sp³-hybridized carbons (Fsp3) is 0.231. The van der Waals surface area contributed by atoms with Gasteiger partial charge in [-0.1, -0.05) is 24.0 Å². The highest BCUT2D eigenvalue weighted by atomic mass is 16.3. The maximum Gasteiger partial charge on any atom is 0.131 e. The topological polar surface area (TPSA) is 20.2 Å². The monoisotopic (exact) mass is 184 g/mol. The number of hydrogen-bond donors (Lipinski definition) is 1. The molecule has 0 unspecified atom stereocenters. The summed E-state index contributed by atoms with van der Waals surface area (Å²) in [5.74, 6) is 8.67. The lowest BCUT2D eigenvalue weighted by Crippen LogP contribution is -1.75. The lowest BCUT2D eigenvalue weighted by molar-refractivity contribution is 0.473. The minimum atomic E-state index is 0.233. The largest absolute Gasteiger partial charge is 0.507 e. The SMILES string of the molecule is C#CCCCC#Cc1ccccc1O. The summed E-state index contributed by atoms with van der Waals surface area (Å²) in [4.78, 5) is 0. The molecule has 0 spiro atoms. The highest BCUT2D eigenvalue weighted by molar-refractivity contribution is 5.44. The summed E-state index contributed by atoms with van der Waals surface area (Å²) in [6.45, 7) is 0. The third-order valence-corrected chi connectivity index (χ3v) is 1.75. The van der Waals surface area contributed by atoms with Gasteiger partial charge >= 0.3 is 0 Å². The highest BCUT2D eigenvalue weighted by Gasteiger charge is 1.92. The molecule has 0 saturated heterocycles. The van der Waals surface area contributed by atoms with Crippen molar-refractivity contribution in [3.63, 3.8) is 0 Å². The molecule has 1 rings (SSSR count). The lowest BCUT2D eigenvalue weighted by Gasteiger charge is -1.93. The standard InChI is InChI=1S/C13H12O/c1-2-3-4-5-6-9-12-10-7-8-11-13(12)14/h1,7-8,10-11,14H,3-5H2. The van der Waals surface area contributed by atoms with Gasteiger partial charge in [-0.05, 0) is 18.6 Å². The Hall–Kier alpha value is -1.86. The zero-order valence-corrected chi connectivity index (χ0v) is 7.96. The smallest absolute Gasteiger partial charge is 0.131 e. The summed E-state index contributed by atoms with van der Waals surface area (Å²) in [6.07, 6.45) is 7.56. The summed E-state index contributed by atoms with van der Waals surface area (Å²) in [7, 11) is 0. The van der Waals surface area contributed by atoms with Crippen LogP contribution in [0.1, 0.15) is 24.8 Å². The van der Waals surface area contributed by atoms with Gasteiger partial charge in [-0.15, -0.1) is 12.3 Å². The van der Waals surface area contributed by atoms with Crippen LogP contribution in [0.5, 0.6) is 5.75 Å². The zero-order valence-electron chi connectivity index (χ0n) is 7.96. The minimum absolute atomic E-state index is 0.233. The first kappa shape index (κ1) is 10.2. The Bertz CT molecular complexity index is 388. The molecule has 0 aliphatic heterocycles. The molecule has 0 radical (unpaired) electrons. The van der Waals surface area contributed by atoms with Crippen molar-refractivity contribution >= 4 is 0 Å². The molecule has 1 nitrogen and oxygen atoms in total. The van der Waals surface area contributed by atoms with Gasteiger partial charge in [0.15, 0.2) is 0 Å². The number of rotatable bonds is 2. The van der Waals surface area contributed by atoms with E-state index in [-0.39, 0.29) is 5.75 Å². The third-order valence-electron chi connectivity index (χ3n) is 1.75. The fourth-order valence-corrected chi connectivity index (χ4v) is 1.02. The van der Waals surface area contributed by atoms with Crippen LogP contribution in [-0.4, -0.2) is 5.11 Å². The van der Waals surface area contributed by atoms with Gasteiger partial charge < -0.3 is 5.11 Å². The molecule has 0 aliphatic carbocycles. The van der Waals surface area contributed by atoms with E-state index < -0.39 is 0 Å². The number of benzene rings is 1. The van der Waals surface area contributed by atoms with Crippen LogP contribution in [-0.2, 0) is 0 Å². The predicted octanol–water partition coefficient (Wildman–Crippen LogP) is 2.55. The van der Waals surface area contributed by atoms with Gasteiger partial charge in [0.25, 0.3) is 0 Å². The van der Waals surface area contributed by atoms with Crippen LogP contribution in [0.25, 0.3) is 0 Å². The van der Waals surface area contributed by atoms with Gasteiger partial charge in [-0.2, -0.15) is 0 Å². The maximum absolute atomic E-state index is 9.38. The van der Waals surface area contributed by atoms with E-state index in [4.69, 9.17) is 6.42 Å². The Balaban J connectivity index is 2.52. The van der Waals surface area contributed by atoms with Gasteiger partial charge in [0.1, 0.15) is 5.75 Å². The average molecular weight is 184 g/mol. The normalized spacial score (nSPS) is 8.50. The van der Waals surface area contributed by atoms with Crippen molar-refractivity contribution in [2.45, 2.75) is 19.3 Å². The second-order valence-electron chi connectivity index (χ2n) is 2.88. The molecule has 0 saturated carbocycles. The lowest BCUT2D eigenvalue weighted by atomic mass is 10.2. The van der Waals surface area contributed by atoms with Crippen LogP contribution in [0.4, 0.5) is 0 Å². The summed E-state index contributed by atoms with van der Waals surface area (Å²) >= 11 is 0. The molecule has 0 aromatic heterocycles. The van der Waals surface area contributed by atoms with Crippen LogP contribution >= 0.6 is 0 Å². The molecule has 0 heterocycles. The predicted molar refractivity (Wildman–Crippen MR) is 57.7 cm³/mol. The van der Waals surface area contributed by atoms with Crippen LogP contribution in [0.15, 0.2) is 24.3 Å². The Labute approximate surface area is 84.8 Å². The Kier molecular flexibility index (Phi) is 4.18. The van der Waals surface area contributed by atoms with Gasteiger partial charge in [-0.3, -0.25) is 0 Å². The van der Waals surface area contributed by atoms with Crippen molar-refractivity contribution in [3.8, 4) is 29.9 Å². The number of hydrogen-bond acceptors (Lipinski definition) is 1. The molecule has 1 N–H and O–H groups in total. The van der Waals surface area contributed by atoms with E-state index in [0.717, 1.165) is 19.3 Å². The molecule has 0 atom stereocenters. The van der Waals surface area contributed by atoms with Crippen LogP contribution in [0.3, 0.4) is 0 Å². The van der Waals surface area contributed by atoms with Crippen molar-refractivity contribution in [1.82, 2.24) is 0 Å². The maximum atomic E-state index is 9.38. The second-order valence-corrected chi connectivity index (χ2v) is 2.88. The number of phenols is 1. The second kappa shape index (κ2) is 5.73. The fourth-order valence-electron chi connectivity index (χ4n) is 1.02. The van der Waals surface area contributed by atoms with Crippen molar-refractivity contribution in [1.29, 1.82) is 0 Å². The van der Waals surface area contributed by atoms with E-state index in [1.54, 1.807) is 18.2 Å². The van der Waals surface area contributed by atoms with E-state index in [2.05, 4.69) is 17.8 Å². The number of terminal acetylenes is 1. The molecule has 0 bridgehead atoms. The number of para-hydroxylation sites is 1. The van der Waals surface area contributed by atoms with Crippen LogP contribution in [0.2, 0.25) is 0 Å². The zero-order chi connectivity index (χ0) is 10.2. The average Bonchev–Trinajstić information content (AvgIpc) is 2.20. The number of phenolic OH excluding ortho intramolecular Hbond substituents is 1. The first-order valence-electron chi connectivity index (χ1n) is 4.55. The summed E-state index contributed by atoms with van der Waals surface area (Å²) in [5.41, 5.74) is 0.674. The van der Waals surface area contributed by atoms with Crippen molar-refractivity contribution in [2.24, 2.45) is 0 Å².